The van der Waals surface area contributed by atoms with Crippen molar-refractivity contribution in [3.8, 4) is 0 Å². The van der Waals surface area contributed by atoms with Crippen LogP contribution in [-0.4, -0.2) is 33.2 Å². The van der Waals surface area contributed by atoms with Gasteiger partial charge in [-0.2, -0.15) is 0 Å². The highest BCUT2D eigenvalue weighted by Gasteiger charge is 2.09. The molecule has 0 aromatic heterocycles. The van der Waals surface area contributed by atoms with E-state index in [0.29, 0.717) is 5.57 Å². The Morgan fingerprint density at radius 1 is 1.17 bits per heavy atom. The summed E-state index contributed by atoms with van der Waals surface area (Å²) in [6.45, 7) is -0.350. The molecule has 0 aliphatic heterocycles. The minimum Gasteiger partial charge on any atom is -0.396 e. The molecule has 0 radical (unpaired) electrons. The maximum Gasteiger partial charge on any atom is 0.349 e. The van der Waals surface area contributed by atoms with Crippen LogP contribution in [0.1, 0.15) is 12.8 Å². The Morgan fingerprint density at radius 3 is 1.83 bits per heavy atom. The fourth-order valence-electron chi connectivity index (χ4n) is 0.779. The second kappa shape index (κ2) is 5.45. The molecule has 0 saturated carbocycles. The van der Waals surface area contributed by atoms with Gasteiger partial charge in [0.1, 0.15) is 0 Å². The number of aliphatic hydroxyl groups is 2. The van der Waals surface area contributed by atoms with E-state index in [1.165, 1.54) is 0 Å². The molecule has 0 aliphatic carbocycles. The molecule has 0 bridgehead atoms. The molecule has 0 unspecified atom stereocenters. The Bertz CT molecular complexity index is 186. The third-order valence-electron chi connectivity index (χ3n) is 1.22. The van der Waals surface area contributed by atoms with Gasteiger partial charge in [0.25, 0.3) is 0 Å². The summed E-state index contributed by atoms with van der Waals surface area (Å²) in [6, 6.07) is 0. The maximum atomic E-state index is 10.4. The summed E-state index contributed by atoms with van der Waals surface area (Å²) in [4.78, 5) is 17.0. The maximum absolute atomic E-state index is 10.4. The van der Waals surface area contributed by atoms with E-state index >= 15 is 0 Å². The fourth-order valence-corrected chi connectivity index (χ4v) is 1.51. The lowest BCUT2D eigenvalue weighted by molar-refractivity contribution is 0.280. The number of aliphatic hydroxyl groups excluding tert-OH is 2. The Balaban J connectivity index is 4.27. The molecular formula is C6H13O5P. The fraction of sp³-hybridized carbons (Fsp3) is 0.667. The van der Waals surface area contributed by atoms with Crippen LogP contribution in [0.15, 0.2) is 11.4 Å². The van der Waals surface area contributed by atoms with Crippen molar-refractivity contribution >= 4 is 7.60 Å². The normalized spacial score (nSPS) is 11.3. The van der Waals surface area contributed by atoms with Gasteiger partial charge in [0.05, 0.1) is 0 Å². The van der Waals surface area contributed by atoms with E-state index in [2.05, 4.69) is 0 Å². The molecule has 0 aliphatic rings. The van der Waals surface area contributed by atoms with Crippen molar-refractivity contribution in [2.45, 2.75) is 12.8 Å². The molecule has 0 saturated heterocycles. The summed E-state index contributed by atoms with van der Waals surface area (Å²) in [5.41, 5.74) is 0.383. The molecule has 0 atom stereocenters. The SMILES string of the molecule is O=P(O)(O)C=C(CCO)CCO. The number of rotatable bonds is 5. The van der Waals surface area contributed by atoms with Gasteiger partial charge in [0.15, 0.2) is 0 Å². The zero-order valence-electron chi connectivity index (χ0n) is 6.55. The van der Waals surface area contributed by atoms with E-state index in [4.69, 9.17) is 20.0 Å². The zero-order chi connectivity index (χ0) is 9.61. The second-order valence-electron chi connectivity index (χ2n) is 2.32. The quantitative estimate of drug-likeness (QED) is 0.457. The van der Waals surface area contributed by atoms with Crippen molar-refractivity contribution in [1.29, 1.82) is 0 Å². The van der Waals surface area contributed by atoms with Crippen molar-refractivity contribution in [1.82, 2.24) is 0 Å². The minimum atomic E-state index is -4.17. The van der Waals surface area contributed by atoms with Crippen LogP contribution >= 0.6 is 7.60 Å². The first-order chi connectivity index (χ1) is 5.49. The molecule has 72 valence electrons. The Kier molecular flexibility index (Phi) is 5.37. The minimum absolute atomic E-state index is 0.175. The molecule has 0 fully saturated rings. The predicted molar refractivity (Wildman–Crippen MR) is 43.5 cm³/mol. The largest absolute Gasteiger partial charge is 0.396 e. The van der Waals surface area contributed by atoms with Gasteiger partial charge in [-0.3, -0.25) is 4.57 Å². The van der Waals surface area contributed by atoms with E-state index in [0.717, 1.165) is 5.82 Å². The standard InChI is InChI=1S/C6H13O5P/c7-3-1-6(2-4-8)5-12(9,10)11/h5,7-8H,1-4H2,(H2,9,10,11). The highest BCUT2D eigenvalue weighted by molar-refractivity contribution is 7.55. The molecule has 0 aromatic carbocycles. The zero-order valence-corrected chi connectivity index (χ0v) is 7.44. The molecule has 4 N–H and O–H groups in total. The van der Waals surface area contributed by atoms with Crippen molar-refractivity contribution in [2.75, 3.05) is 13.2 Å². The molecule has 0 rings (SSSR count). The van der Waals surface area contributed by atoms with Crippen LogP contribution in [0.25, 0.3) is 0 Å². The van der Waals surface area contributed by atoms with Crippen molar-refractivity contribution < 1.29 is 24.6 Å². The monoisotopic (exact) mass is 196 g/mol. The third-order valence-corrected chi connectivity index (χ3v) is 1.92. The van der Waals surface area contributed by atoms with E-state index in [-0.39, 0.29) is 26.1 Å². The highest BCUT2D eigenvalue weighted by Crippen LogP contribution is 2.38. The Morgan fingerprint density at radius 2 is 1.58 bits per heavy atom. The van der Waals surface area contributed by atoms with E-state index in [1.807, 2.05) is 0 Å². The number of hydrogen-bond donors (Lipinski definition) is 4. The van der Waals surface area contributed by atoms with Gasteiger partial charge < -0.3 is 20.0 Å². The average molecular weight is 196 g/mol. The summed E-state index contributed by atoms with van der Waals surface area (Å²) in [5, 5.41) is 17.0. The van der Waals surface area contributed by atoms with Crippen molar-refractivity contribution in [3.05, 3.63) is 11.4 Å². The van der Waals surface area contributed by atoms with Gasteiger partial charge in [0.2, 0.25) is 0 Å². The second-order valence-corrected chi connectivity index (χ2v) is 3.76. The smallest absolute Gasteiger partial charge is 0.349 e. The first kappa shape index (κ1) is 11.8. The molecule has 5 nitrogen and oxygen atoms in total. The molecule has 12 heavy (non-hydrogen) atoms. The van der Waals surface area contributed by atoms with Crippen LogP contribution in [0.2, 0.25) is 0 Å². The topological polar surface area (TPSA) is 98.0 Å². The lowest BCUT2D eigenvalue weighted by Crippen LogP contribution is -1.93. The van der Waals surface area contributed by atoms with Crippen LogP contribution in [0.3, 0.4) is 0 Å². The molecule has 0 spiro atoms. The highest BCUT2D eigenvalue weighted by atomic mass is 31.2. The first-order valence-electron chi connectivity index (χ1n) is 3.47. The molecule has 0 heterocycles. The lowest BCUT2D eigenvalue weighted by atomic mass is 10.2. The third kappa shape index (κ3) is 6.52. The molecule has 6 heteroatoms. The Labute approximate surface area is 70.5 Å². The molecule has 0 amide bonds. The van der Waals surface area contributed by atoms with E-state index < -0.39 is 7.60 Å². The van der Waals surface area contributed by atoms with Gasteiger partial charge >= 0.3 is 7.60 Å². The first-order valence-corrected chi connectivity index (χ1v) is 5.15. The average Bonchev–Trinajstić information content (AvgIpc) is 1.84. The lowest BCUT2D eigenvalue weighted by Gasteiger charge is -2.04. The van der Waals surface area contributed by atoms with Gasteiger partial charge in [-0.25, -0.2) is 0 Å². The van der Waals surface area contributed by atoms with Gasteiger partial charge in [0, 0.05) is 19.0 Å². The van der Waals surface area contributed by atoms with Gasteiger partial charge in [-0.15, -0.1) is 0 Å². The summed E-state index contributed by atoms with van der Waals surface area (Å²) < 4.78 is 10.4. The summed E-state index contributed by atoms with van der Waals surface area (Å²) in [5.74, 6) is 0.791. The van der Waals surface area contributed by atoms with Crippen LogP contribution in [0, 0.1) is 0 Å². The molecule has 0 aromatic rings. The van der Waals surface area contributed by atoms with E-state index in [9.17, 15) is 4.57 Å². The predicted octanol–water partition coefficient (Wildman–Crippen LogP) is -0.187. The van der Waals surface area contributed by atoms with Crippen LogP contribution in [-0.2, 0) is 4.57 Å². The van der Waals surface area contributed by atoms with Crippen molar-refractivity contribution in [2.24, 2.45) is 0 Å². The Hall–Kier alpha value is -0.190. The van der Waals surface area contributed by atoms with Crippen LogP contribution in [0.5, 0.6) is 0 Å². The summed E-state index contributed by atoms with van der Waals surface area (Å²) in [6.07, 6.45) is 0.372. The number of hydrogen-bond acceptors (Lipinski definition) is 3. The summed E-state index contributed by atoms with van der Waals surface area (Å²) in [7, 11) is -4.17. The molecular weight excluding hydrogens is 183 g/mol. The van der Waals surface area contributed by atoms with Gasteiger partial charge in [-0.1, -0.05) is 5.57 Å². The van der Waals surface area contributed by atoms with Crippen LogP contribution in [0.4, 0.5) is 0 Å². The van der Waals surface area contributed by atoms with E-state index in [1.54, 1.807) is 0 Å². The van der Waals surface area contributed by atoms with Crippen molar-refractivity contribution in [3.63, 3.8) is 0 Å². The summed E-state index contributed by atoms with van der Waals surface area (Å²) >= 11 is 0. The van der Waals surface area contributed by atoms with Crippen LogP contribution < -0.4 is 0 Å². The van der Waals surface area contributed by atoms with Gasteiger partial charge in [-0.05, 0) is 12.8 Å².